The topological polar surface area (TPSA) is 106 Å². The van der Waals surface area contributed by atoms with E-state index < -0.39 is 0 Å². The van der Waals surface area contributed by atoms with Crippen molar-refractivity contribution < 1.29 is 9.53 Å². The van der Waals surface area contributed by atoms with Gasteiger partial charge in [0.1, 0.15) is 16.5 Å². The van der Waals surface area contributed by atoms with Crippen LogP contribution in [0.5, 0.6) is 5.75 Å². The second-order valence-electron chi connectivity index (χ2n) is 4.51. The Morgan fingerprint density at radius 1 is 1.35 bits per heavy atom. The number of benzene rings is 1. The molecule has 0 fully saturated rings. The molecule has 0 atom stereocenters. The Labute approximate surface area is 135 Å². The second kappa shape index (κ2) is 6.97. The lowest BCUT2D eigenvalue weighted by Crippen LogP contribution is -2.23. The first-order valence-electron chi connectivity index (χ1n) is 6.95. The predicted molar refractivity (Wildman–Crippen MR) is 84.1 cm³/mol. The lowest BCUT2D eigenvalue weighted by molar-refractivity contribution is 0.0945. The van der Waals surface area contributed by atoms with Crippen LogP contribution in [0.25, 0.3) is 10.6 Å². The van der Waals surface area contributed by atoms with Gasteiger partial charge in [0.2, 0.25) is 0 Å². The number of carbonyl (C=O) groups excluding carboxylic acids is 1. The lowest BCUT2D eigenvalue weighted by Gasteiger charge is -2.03. The number of aromatic amines is 1. The summed E-state index contributed by atoms with van der Waals surface area (Å²) in [6.45, 7) is 2.76. The van der Waals surface area contributed by atoms with Crippen LogP contribution in [0.2, 0.25) is 0 Å². The molecule has 2 aromatic heterocycles. The van der Waals surface area contributed by atoms with E-state index in [1.807, 2.05) is 31.2 Å². The van der Waals surface area contributed by atoms with E-state index in [4.69, 9.17) is 4.74 Å². The van der Waals surface area contributed by atoms with Crippen molar-refractivity contribution in [2.45, 2.75) is 13.5 Å². The largest absolute Gasteiger partial charge is 0.494 e. The number of rotatable bonds is 6. The average molecular weight is 330 g/mol. The molecule has 3 aromatic rings. The minimum atomic E-state index is -0.275. The third-order valence-corrected chi connectivity index (χ3v) is 3.84. The lowest BCUT2D eigenvalue weighted by atomic mass is 10.2. The summed E-state index contributed by atoms with van der Waals surface area (Å²) in [5.41, 5.74) is 1.30. The number of H-pyrrole nitrogens is 1. The van der Waals surface area contributed by atoms with Crippen molar-refractivity contribution in [3.63, 3.8) is 0 Å². The average Bonchev–Trinajstić information content (AvgIpc) is 3.25. The first-order chi connectivity index (χ1) is 11.3. The predicted octanol–water partition coefficient (Wildman–Crippen LogP) is 1.65. The molecule has 0 spiro atoms. The highest BCUT2D eigenvalue weighted by Crippen LogP contribution is 2.25. The number of hydrogen-bond acceptors (Lipinski definition) is 7. The molecule has 0 unspecified atom stereocenters. The van der Waals surface area contributed by atoms with Gasteiger partial charge in [0, 0.05) is 10.9 Å². The van der Waals surface area contributed by atoms with Crippen molar-refractivity contribution in [3.05, 3.63) is 41.2 Å². The number of carbonyl (C=O) groups is 1. The van der Waals surface area contributed by atoms with Crippen LogP contribution in [0.15, 0.2) is 29.6 Å². The molecule has 8 nitrogen and oxygen atoms in total. The van der Waals surface area contributed by atoms with Gasteiger partial charge in [-0.2, -0.15) is 5.21 Å². The summed E-state index contributed by atoms with van der Waals surface area (Å²) in [6.07, 6.45) is 0. The van der Waals surface area contributed by atoms with Gasteiger partial charge in [0.05, 0.1) is 13.2 Å². The molecular weight excluding hydrogens is 316 g/mol. The van der Waals surface area contributed by atoms with Gasteiger partial charge in [0.25, 0.3) is 5.91 Å². The van der Waals surface area contributed by atoms with Crippen LogP contribution in [-0.2, 0) is 6.54 Å². The normalized spacial score (nSPS) is 10.5. The summed E-state index contributed by atoms with van der Waals surface area (Å²) >= 11 is 1.41. The minimum Gasteiger partial charge on any atom is -0.494 e. The third-order valence-electron chi connectivity index (χ3n) is 2.95. The fraction of sp³-hybridized carbons (Fsp3) is 0.214. The Bertz CT molecular complexity index is 769. The van der Waals surface area contributed by atoms with Crippen LogP contribution < -0.4 is 10.1 Å². The molecule has 2 N–H and O–H groups in total. The fourth-order valence-electron chi connectivity index (χ4n) is 1.88. The zero-order valence-corrected chi connectivity index (χ0v) is 13.1. The molecule has 118 valence electrons. The standard InChI is InChI=1S/C14H14N6O2S/c1-2-22-10-5-3-9(4-6-10)14-16-11(8-23-14)13(21)15-7-12-17-19-20-18-12/h3-6,8H,2,7H2,1H3,(H,15,21)(H,17,18,19,20). The Hall–Kier alpha value is -2.81. The molecule has 9 heteroatoms. The molecule has 0 aliphatic heterocycles. The van der Waals surface area contributed by atoms with E-state index in [0.717, 1.165) is 16.3 Å². The van der Waals surface area contributed by atoms with E-state index >= 15 is 0 Å². The van der Waals surface area contributed by atoms with E-state index in [1.165, 1.54) is 11.3 Å². The van der Waals surface area contributed by atoms with Gasteiger partial charge in [-0.1, -0.05) is 5.21 Å². The molecule has 0 saturated carbocycles. The van der Waals surface area contributed by atoms with Gasteiger partial charge < -0.3 is 10.1 Å². The zero-order chi connectivity index (χ0) is 16.1. The molecule has 0 bridgehead atoms. The van der Waals surface area contributed by atoms with E-state index in [0.29, 0.717) is 18.1 Å². The number of nitrogens with zero attached hydrogens (tertiary/aromatic N) is 4. The van der Waals surface area contributed by atoms with Crippen LogP contribution in [-0.4, -0.2) is 38.1 Å². The van der Waals surface area contributed by atoms with Crippen LogP contribution >= 0.6 is 11.3 Å². The van der Waals surface area contributed by atoms with E-state index in [9.17, 15) is 4.79 Å². The number of hydrogen-bond donors (Lipinski definition) is 2. The fourth-order valence-corrected chi connectivity index (χ4v) is 2.68. The molecule has 0 radical (unpaired) electrons. The Morgan fingerprint density at radius 3 is 2.87 bits per heavy atom. The molecule has 23 heavy (non-hydrogen) atoms. The van der Waals surface area contributed by atoms with Crippen LogP contribution in [0.4, 0.5) is 0 Å². The molecule has 0 aliphatic rings. The van der Waals surface area contributed by atoms with Gasteiger partial charge in [-0.05, 0) is 31.2 Å². The van der Waals surface area contributed by atoms with Crippen LogP contribution in [0.3, 0.4) is 0 Å². The molecule has 1 aromatic carbocycles. The molecule has 1 amide bonds. The van der Waals surface area contributed by atoms with Crippen LogP contribution in [0, 0.1) is 0 Å². The zero-order valence-electron chi connectivity index (χ0n) is 12.3. The van der Waals surface area contributed by atoms with E-state index in [1.54, 1.807) is 5.38 Å². The summed E-state index contributed by atoms with van der Waals surface area (Å²) in [4.78, 5) is 16.4. The summed E-state index contributed by atoms with van der Waals surface area (Å²) in [6, 6.07) is 7.61. The van der Waals surface area contributed by atoms with Gasteiger partial charge in [0.15, 0.2) is 5.82 Å². The number of tetrazole rings is 1. The summed E-state index contributed by atoms with van der Waals surface area (Å²) in [7, 11) is 0. The first kappa shape index (κ1) is 15.1. The number of nitrogens with one attached hydrogen (secondary N) is 2. The van der Waals surface area contributed by atoms with Gasteiger partial charge in [-0.3, -0.25) is 4.79 Å². The molecule has 2 heterocycles. The highest BCUT2D eigenvalue weighted by atomic mass is 32.1. The maximum Gasteiger partial charge on any atom is 0.271 e. The van der Waals surface area contributed by atoms with Crippen molar-refractivity contribution in [1.82, 2.24) is 30.9 Å². The molecular formula is C14H14N6O2S. The molecule has 0 aliphatic carbocycles. The number of amides is 1. The number of ether oxygens (including phenoxy) is 1. The summed E-state index contributed by atoms with van der Waals surface area (Å²) < 4.78 is 5.41. The van der Waals surface area contributed by atoms with E-state index in [-0.39, 0.29) is 12.5 Å². The summed E-state index contributed by atoms with van der Waals surface area (Å²) in [5, 5.41) is 18.5. The minimum absolute atomic E-state index is 0.200. The third kappa shape index (κ3) is 3.69. The van der Waals surface area contributed by atoms with E-state index in [2.05, 4.69) is 30.9 Å². The SMILES string of the molecule is CCOc1ccc(-c2nc(C(=O)NCc3nn[nH]n3)cs2)cc1. The first-order valence-corrected chi connectivity index (χ1v) is 7.83. The molecule has 0 saturated heterocycles. The van der Waals surface area contributed by atoms with Crippen molar-refractivity contribution in [2.75, 3.05) is 6.61 Å². The molecule has 3 rings (SSSR count). The van der Waals surface area contributed by atoms with Crippen molar-refractivity contribution in [2.24, 2.45) is 0 Å². The van der Waals surface area contributed by atoms with Crippen molar-refractivity contribution in [3.8, 4) is 16.3 Å². The highest BCUT2D eigenvalue weighted by Gasteiger charge is 2.12. The van der Waals surface area contributed by atoms with Gasteiger partial charge in [-0.15, -0.1) is 21.5 Å². The van der Waals surface area contributed by atoms with Crippen molar-refractivity contribution >= 4 is 17.2 Å². The Morgan fingerprint density at radius 2 is 2.17 bits per heavy atom. The Balaban J connectivity index is 1.66. The van der Waals surface area contributed by atoms with Gasteiger partial charge >= 0.3 is 0 Å². The summed E-state index contributed by atoms with van der Waals surface area (Å²) in [5.74, 6) is 0.953. The van der Waals surface area contributed by atoms with Crippen LogP contribution in [0.1, 0.15) is 23.2 Å². The van der Waals surface area contributed by atoms with Crippen molar-refractivity contribution in [1.29, 1.82) is 0 Å². The highest BCUT2D eigenvalue weighted by molar-refractivity contribution is 7.13. The second-order valence-corrected chi connectivity index (χ2v) is 5.36. The van der Waals surface area contributed by atoms with Gasteiger partial charge in [-0.25, -0.2) is 4.98 Å². The maximum atomic E-state index is 12.1. The quantitative estimate of drug-likeness (QED) is 0.712. The monoisotopic (exact) mass is 330 g/mol. The number of aromatic nitrogens is 5. The maximum absolute atomic E-state index is 12.1. The smallest absolute Gasteiger partial charge is 0.271 e. The number of thiazole rings is 1. The Kier molecular flexibility index (Phi) is 4.57.